The minimum atomic E-state index is -3.50. The molecule has 0 aliphatic carbocycles. The first kappa shape index (κ1) is 18.6. The van der Waals surface area contributed by atoms with Crippen LogP contribution >= 0.6 is 11.3 Å². The average molecular weight is 401 g/mol. The van der Waals surface area contributed by atoms with Crippen LogP contribution in [0.4, 0.5) is 0 Å². The summed E-state index contributed by atoms with van der Waals surface area (Å²) in [5.74, 6) is 0.398. The first-order chi connectivity index (χ1) is 13.1. The number of piperidine rings is 1. The molecule has 0 unspecified atom stereocenters. The number of benzene rings is 2. The predicted molar refractivity (Wildman–Crippen MR) is 111 cm³/mol. The summed E-state index contributed by atoms with van der Waals surface area (Å²) in [6.45, 7) is 3.57. The van der Waals surface area contributed by atoms with Crippen molar-refractivity contribution >= 4 is 32.1 Å². The van der Waals surface area contributed by atoms with E-state index in [2.05, 4.69) is 27.1 Å². The summed E-state index contributed by atoms with van der Waals surface area (Å²) >= 11 is 1.80. The summed E-state index contributed by atoms with van der Waals surface area (Å²) < 4.78 is 28.5. The summed E-state index contributed by atoms with van der Waals surface area (Å²) in [4.78, 5) is 4.22. The molecule has 0 saturated carbocycles. The monoisotopic (exact) mass is 400 g/mol. The molecular weight excluding hydrogens is 376 g/mol. The van der Waals surface area contributed by atoms with E-state index in [0.717, 1.165) is 43.2 Å². The third-order valence-corrected chi connectivity index (χ3v) is 7.61. The summed E-state index contributed by atoms with van der Waals surface area (Å²) in [6.07, 6.45) is 2.06. The zero-order valence-electron chi connectivity index (χ0n) is 15.2. The Morgan fingerprint density at radius 3 is 2.56 bits per heavy atom. The van der Waals surface area contributed by atoms with Gasteiger partial charge < -0.3 is 0 Å². The van der Waals surface area contributed by atoms with Crippen molar-refractivity contribution in [2.45, 2.75) is 24.3 Å². The summed E-state index contributed by atoms with van der Waals surface area (Å²) in [7, 11) is -3.50. The van der Waals surface area contributed by atoms with Crippen LogP contribution in [0.1, 0.15) is 17.7 Å². The Kier molecular flexibility index (Phi) is 5.59. The molecule has 1 aliphatic rings. The number of nitrogens with zero attached hydrogens (tertiary/aromatic N) is 1. The smallest absolute Gasteiger partial charge is 0.241 e. The number of hydrogen-bond donors (Lipinski definition) is 1. The van der Waals surface area contributed by atoms with Gasteiger partial charge in [-0.15, -0.1) is 11.3 Å². The van der Waals surface area contributed by atoms with Gasteiger partial charge in [0.2, 0.25) is 10.0 Å². The highest BCUT2D eigenvalue weighted by Gasteiger charge is 2.23. The van der Waals surface area contributed by atoms with Gasteiger partial charge in [0.25, 0.3) is 0 Å². The van der Waals surface area contributed by atoms with Crippen molar-refractivity contribution in [2.24, 2.45) is 5.92 Å². The van der Waals surface area contributed by atoms with Gasteiger partial charge in [0.05, 0.1) is 4.90 Å². The van der Waals surface area contributed by atoms with Gasteiger partial charge in [-0.2, -0.15) is 0 Å². The lowest BCUT2D eigenvalue weighted by molar-refractivity contribution is 0.180. The van der Waals surface area contributed by atoms with Crippen LogP contribution in [0.5, 0.6) is 0 Å². The van der Waals surface area contributed by atoms with E-state index in [-0.39, 0.29) is 0 Å². The molecule has 1 fully saturated rings. The Morgan fingerprint density at radius 1 is 1.00 bits per heavy atom. The molecule has 0 atom stereocenters. The maximum atomic E-state index is 12.8. The fraction of sp³-hybridized carbons (Fsp3) is 0.333. The standard InChI is InChI=1S/C21H24N2O2S2/c24-27(25,21-9-3-6-18-5-1-2-8-20(18)21)22-15-17-10-12-23(13-11-17)16-19-7-4-14-26-19/h1-9,14,17,22H,10-13,15-16H2. The molecule has 0 bridgehead atoms. The van der Waals surface area contributed by atoms with Crippen LogP contribution in [-0.2, 0) is 16.6 Å². The second kappa shape index (κ2) is 8.10. The van der Waals surface area contributed by atoms with E-state index >= 15 is 0 Å². The molecule has 6 heteroatoms. The number of hydrogen-bond acceptors (Lipinski definition) is 4. The topological polar surface area (TPSA) is 49.4 Å². The van der Waals surface area contributed by atoms with Gasteiger partial charge in [0.1, 0.15) is 0 Å². The number of thiophene rings is 1. The van der Waals surface area contributed by atoms with Crippen molar-refractivity contribution in [1.82, 2.24) is 9.62 Å². The van der Waals surface area contributed by atoms with E-state index in [0.29, 0.717) is 17.4 Å². The zero-order valence-corrected chi connectivity index (χ0v) is 16.8. The molecule has 1 aromatic heterocycles. The van der Waals surface area contributed by atoms with Crippen molar-refractivity contribution in [1.29, 1.82) is 0 Å². The lowest BCUT2D eigenvalue weighted by atomic mass is 9.97. The van der Waals surface area contributed by atoms with Gasteiger partial charge in [0, 0.05) is 23.4 Å². The second-order valence-corrected chi connectivity index (χ2v) is 9.90. The number of likely N-dealkylation sites (tertiary alicyclic amines) is 1. The summed E-state index contributed by atoms with van der Waals surface area (Å²) in [5, 5.41) is 3.84. The second-order valence-electron chi connectivity index (χ2n) is 7.13. The van der Waals surface area contributed by atoms with E-state index in [1.807, 2.05) is 30.3 Å². The number of rotatable bonds is 6. The number of nitrogens with one attached hydrogen (secondary N) is 1. The SMILES string of the molecule is O=S(=O)(NCC1CCN(Cc2cccs2)CC1)c1cccc2ccccc12. The van der Waals surface area contributed by atoms with E-state index in [1.54, 1.807) is 23.5 Å². The molecule has 27 heavy (non-hydrogen) atoms. The lowest BCUT2D eigenvalue weighted by Gasteiger charge is -2.31. The van der Waals surface area contributed by atoms with E-state index in [4.69, 9.17) is 0 Å². The van der Waals surface area contributed by atoms with Gasteiger partial charge in [-0.1, -0.05) is 42.5 Å². The molecule has 0 spiro atoms. The number of fused-ring (bicyclic) bond motifs is 1. The fourth-order valence-electron chi connectivity index (χ4n) is 3.71. The highest BCUT2D eigenvalue weighted by molar-refractivity contribution is 7.89. The molecule has 0 radical (unpaired) electrons. The van der Waals surface area contributed by atoms with E-state index in [1.165, 1.54) is 4.88 Å². The molecule has 2 heterocycles. The van der Waals surface area contributed by atoms with Crippen molar-refractivity contribution in [3.63, 3.8) is 0 Å². The normalized spacial score (nSPS) is 16.7. The first-order valence-electron chi connectivity index (χ1n) is 9.34. The molecule has 142 valence electrons. The van der Waals surface area contributed by atoms with Gasteiger partial charge in [-0.25, -0.2) is 13.1 Å². The highest BCUT2D eigenvalue weighted by atomic mass is 32.2. The van der Waals surface area contributed by atoms with Crippen LogP contribution in [0.3, 0.4) is 0 Å². The van der Waals surface area contributed by atoms with Crippen LogP contribution in [0, 0.1) is 5.92 Å². The molecule has 4 rings (SSSR count). The molecule has 1 aliphatic heterocycles. The Balaban J connectivity index is 1.36. The van der Waals surface area contributed by atoms with Crippen LogP contribution < -0.4 is 4.72 Å². The van der Waals surface area contributed by atoms with Crippen molar-refractivity contribution in [2.75, 3.05) is 19.6 Å². The Bertz CT molecular complexity index is 987. The minimum absolute atomic E-state index is 0.371. The van der Waals surface area contributed by atoms with Crippen LogP contribution in [0.15, 0.2) is 64.9 Å². The molecule has 2 aromatic carbocycles. The quantitative estimate of drug-likeness (QED) is 0.678. The molecule has 1 N–H and O–H groups in total. The van der Waals surface area contributed by atoms with Gasteiger partial charge in [-0.3, -0.25) is 4.90 Å². The van der Waals surface area contributed by atoms with Crippen molar-refractivity contribution in [3.05, 3.63) is 64.9 Å². The van der Waals surface area contributed by atoms with Gasteiger partial charge in [-0.05, 0) is 54.7 Å². The third-order valence-electron chi connectivity index (χ3n) is 5.27. The number of sulfonamides is 1. The van der Waals surface area contributed by atoms with Gasteiger partial charge >= 0.3 is 0 Å². The fourth-order valence-corrected chi connectivity index (χ4v) is 5.80. The summed E-state index contributed by atoms with van der Waals surface area (Å²) in [5.41, 5.74) is 0. The first-order valence-corrected chi connectivity index (χ1v) is 11.7. The lowest BCUT2D eigenvalue weighted by Crippen LogP contribution is -2.38. The maximum absolute atomic E-state index is 12.8. The van der Waals surface area contributed by atoms with Crippen LogP contribution in [0.25, 0.3) is 10.8 Å². The molecule has 0 amide bonds. The summed E-state index contributed by atoms with van der Waals surface area (Å²) in [6, 6.07) is 17.3. The third kappa shape index (κ3) is 4.41. The van der Waals surface area contributed by atoms with E-state index < -0.39 is 10.0 Å². The Morgan fingerprint density at radius 2 is 1.78 bits per heavy atom. The maximum Gasteiger partial charge on any atom is 0.241 e. The molecular formula is C21H24N2O2S2. The van der Waals surface area contributed by atoms with Gasteiger partial charge in [0.15, 0.2) is 0 Å². The molecule has 1 saturated heterocycles. The van der Waals surface area contributed by atoms with Crippen LogP contribution in [-0.4, -0.2) is 33.0 Å². The van der Waals surface area contributed by atoms with Crippen LogP contribution in [0.2, 0.25) is 0 Å². The zero-order chi connectivity index (χ0) is 18.7. The Hall–Kier alpha value is -1.73. The minimum Gasteiger partial charge on any atom is -0.298 e. The van der Waals surface area contributed by atoms with E-state index in [9.17, 15) is 8.42 Å². The predicted octanol–water partition coefficient (Wildman–Crippen LogP) is 4.09. The Labute approximate surface area is 164 Å². The largest absolute Gasteiger partial charge is 0.298 e. The van der Waals surface area contributed by atoms with Crippen molar-refractivity contribution < 1.29 is 8.42 Å². The molecule has 3 aromatic rings. The van der Waals surface area contributed by atoms with Crippen molar-refractivity contribution in [3.8, 4) is 0 Å². The molecule has 4 nitrogen and oxygen atoms in total. The average Bonchev–Trinajstić information content (AvgIpc) is 3.20. The highest BCUT2D eigenvalue weighted by Crippen LogP contribution is 2.24.